The molecule has 0 saturated heterocycles. The van der Waals surface area contributed by atoms with E-state index in [0.717, 1.165) is 47.3 Å². The van der Waals surface area contributed by atoms with Crippen LogP contribution in [-0.4, -0.2) is 37.1 Å². The highest BCUT2D eigenvalue weighted by atomic mass is 32.1. The normalized spacial score (nSPS) is 11.1. The Morgan fingerprint density at radius 2 is 1.85 bits per heavy atom. The zero-order valence-corrected chi connectivity index (χ0v) is 17.5. The Hall–Kier alpha value is -2.02. The van der Waals surface area contributed by atoms with Gasteiger partial charge in [-0.25, -0.2) is 4.98 Å². The number of rotatable bonds is 9. The van der Waals surface area contributed by atoms with Crippen molar-refractivity contribution in [3.63, 3.8) is 0 Å². The van der Waals surface area contributed by atoms with Gasteiger partial charge in [0.1, 0.15) is 0 Å². The molecule has 0 aliphatic rings. The largest absolute Gasteiger partial charge is 0.335 e. The molecule has 2 heterocycles. The molecule has 1 N–H and O–H groups in total. The van der Waals surface area contributed by atoms with E-state index in [-0.39, 0.29) is 5.91 Å². The summed E-state index contributed by atoms with van der Waals surface area (Å²) < 4.78 is 0. The zero-order chi connectivity index (χ0) is 19.1. The lowest BCUT2D eigenvalue weighted by Gasteiger charge is -2.21. The van der Waals surface area contributed by atoms with Crippen LogP contribution in [0.4, 0.5) is 5.13 Å². The van der Waals surface area contributed by atoms with Crippen LogP contribution in [0.2, 0.25) is 0 Å². The van der Waals surface area contributed by atoms with E-state index in [1.54, 1.807) is 16.2 Å². The molecule has 0 bridgehead atoms. The van der Waals surface area contributed by atoms with Gasteiger partial charge in [-0.3, -0.25) is 9.69 Å². The monoisotopic (exact) mass is 400 g/mol. The quantitative estimate of drug-likeness (QED) is 0.593. The fourth-order valence-electron chi connectivity index (χ4n) is 3.04. The van der Waals surface area contributed by atoms with Gasteiger partial charge >= 0.3 is 0 Å². The second-order valence-corrected chi connectivity index (χ2v) is 8.16. The van der Waals surface area contributed by atoms with E-state index in [2.05, 4.69) is 13.8 Å². The summed E-state index contributed by atoms with van der Waals surface area (Å²) >= 11 is 3.03. The third-order valence-electron chi connectivity index (χ3n) is 4.68. The smallest absolute Gasteiger partial charge is 0.270 e. The maximum atomic E-state index is 13.1. The number of benzene rings is 1. The van der Waals surface area contributed by atoms with Gasteiger partial charge in [0.15, 0.2) is 5.13 Å². The Morgan fingerprint density at radius 3 is 2.52 bits per heavy atom. The van der Waals surface area contributed by atoms with Crippen LogP contribution in [0.15, 0.2) is 53.2 Å². The lowest BCUT2D eigenvalue weighted by Crippen LogP contribution is -3.11. The molecule has 0 fully saturated rings. The first kappa shape index (κ1) is 19.7. The second-order valence-electron chi connectivity index (χ2n) is 6.38. The minimum absolute atomic E-state index is 0.0495. The Labute approximate surface area is 169 Å². The van der Waals surface area contributed by atoms with Gasteiger partial charge in [0.25, 0.3) is 5.91 Å². The first-order valence-electron chi connectivity index (χ1n) is 9.42. The number of amides is 1. The van der Waals surface area contributed by atoms with E-state index in [4.69, 9.17) is 4.98 Å². The van der Waals surface area contributed by atoms with Gasteiger partial charge in [-0.15, -0.1) is 22.7 Å². The van der Waals surface area contributed by atoms with Gasteiger partial charge in [-0.2, -0.15) is 0 Å². The van der Waals surface area contributed by atoms with Gasteiger partial charge < -0.3 is 4.90 Å². The Morgan fingerprint density at radius 1 is 1.07 bits per heavy atom. The molecule has 142 valence electrons. The summed E-state index contributed by atoms with van der Waals surface area (Å²) in [7, 11) is 0. The first-order chi connectivity index (χ1) is 13.2. The molecule has 0 saturated carbocycles. The number of nitrogens with one attached hydrogen (secondary N) is 1. The van der Waals surface area contributed by atoms with Crippen LogP contribution in [-0.2, 0) is 0 Å². The zero-order valence-electron chi connectivity index (χ0n) is 15.9. The highest BCUT2D eigenvalue weighted by Gasteiger charge is 2.22. The van der Waals surface area contributed by atoms with Crippen LogP contribution in [0.25, 0.3) is 11.3 Å². The average Bonchev–Trinajstić information content (AvgIpc) is 3.41. The molecular weight excluding hydrogens is 374 g/mol. The van der Waals surface area contributed by atoms with Gasteiger partial charge in [-0.05, 0) is 25.3 Å². The maximum Gasteiger partial charge on any atom is 0.270 e. The van der Waals surface area contributed by atoms with E-state index in [1.165, 1.54) is 11.3 Å². The number of carbonyl (C=O) groups excluding carboxylic acids is 1. The van der Waals surface area contributed by atoms with Crippen molar-refractivity contribution < 1.29 is 9.69 Å². The molecular formula is C21H26N3OS2+. The Kier molecular flexibility index (Phi) is 7.15. The van der Waals surface area contributed by atoms with E-state index in [1.807, 2.05) is 58.1 Å². The van der Waals surface area contributed by atoms with E-state index in [9.17, 15) is 4.79 Å². The van der Waals surface area contributed by atoms with Crippen LogP contribution in [0.3, 0.4) is 0 Å². The first-order valence-corrected chi connectivity index (χ1v) is 11.2. The fraction of sp³-hybridized carbons (Fsp3) is 0.333. The SMILES string of the molecule is CC[NH+](CC)CCCN(C(=O)c1cccs1)c1nc(-c2ccccc2)cs1. The number of hydrogen-bond donors (Lipinski definition) is 1. The molecule has 1 aromatic carbocycles. The predicted molar refractivity (Wildman–Crippen MR) is 115 cm³/mol. The van der Waals surface area contributed by atoms with Gasteiger partial charge in [0, 0.05) is 23.9 Å². The summed E-state index contributed by atoms with van der Waals surface area (Å²) in [4.78, 5) is 22.0. The number of nitrogens with zero attached hydrogens (tertiary/aromatic N) is 2. The second kappa shape index (κ2) is 9.78. The molecule has 0 aliphatic carbocycles. The summed E-state index contributed by atoms with van der Waals surface area (Å²) in [5.41, 5.74) is 2.00. The Balaban J connectivity index is 1.79. The number of thiazole rings is 1. The van der Waals surface area contributed by atoms with Crippen molar-refractivity contribution in [1.29, 1.82) is 0 Å². The van der Waals surface area contributed by atoms with Crippen LogP contribution < -0.4 is 9.80 Å². The third-order valence-corrected chi connectivity index (χ3v) is 6.40. The van der Waals surface area contributed by atoms with Crippen molar-refractivity contribution in [2.45, 2.75) is 20.3 Å². The molecule has 3 rings (SSSR count). The van der Waals surface area contributed by atoms with Crippen molar-refractivity contribution in [3.05, 3.63) is 58.1 Å². The van der Waals surface area contributed by atoms with E-state index >= 15 is 0 Å². The standard InChI is InChI=1S/C21H25N3OS2/c1-3-23(4-2)13-9-14-24(20(25)19-12-8-15-26-19)21-22-18(16-27-21)17-10-6-5-7-11-17/h5-8,10-12,15-16H,3-4,9,13-14H2,1-2H3/p+1. The lowest BCUT2D eigenvalue weighted by atomic mass is 10.2. The number of thiophene rings is 1. The number of quaternary nitrogens is 1. The molecule has 0 aliphatic heterocycles. The minimum atomic E-state index is 0.0495. The van der Waals surface area contributed by atoms with Crippen molar-refractivity contribution in [3.8, 4) is 11.3 Å². The number of anilines is 1. The van der Waals surface area contributed by atoms with Crippen LogP contribution >= 0.6 is 22.7 Å². The van der Waals surface area contributed by atoms with Gasteiger partial charge in [0.05, 0.1) is 30.2 Å². The van der Waals surface area contributed by atoms with Crippen LogP contribution in [0.1, 0.15) is 29.9 Å². The molecule has 3 aromatic rings. The van der Waals surface area contributed by atoms with E-state index < -0.39 is 0 Å². The molecule has 2 aromatic heterocycles. The van der Waals surface area contributed by atoms with Crippen molar-refractivity contribution >= 4 is 33.7 Å². The highest BCUT2D eigenvalue weighted by Crippen LogP contribution is 2.29. The topological polar surface area (TPSA) is 37.6 Å². The third kappa shape index (κ3) is 5.03. The lowest BCUT2D eigenvalue weighted by molar-refractivity contribution is -0.896. The molecule has 4 nitrogen and oxygen atoms in total. The molecule has 6 heteroatoms. The van der Waals surface area contributed by atoms with Crippen molar-refractivity contribution in [1.82, 2.24) is 4.98 Å². The van der Waals surface area contributed by atoms with Crippen LogP contribution in [0, 0.1) is 0 Å². The molecule has 27 heavy (non-hydrogen) atoms. The summed E-state index contributed by atoms with van der Waals surface area (Å²) in [6.45, 7) is 8.41. The van der Waals surface area contributed by atoms with Gasteiger partial charge in [0.2, 0.25) is 0 Å². The van der Waals surface area contributed by atoms with E-state index in [0.29, 0.717) is 6.54 Å². The minimum Gasteiger partial charge on any atom is -0.335 e. The summed E-state index contributed by atoms with van der Waals surface area (Å²) in [5, 5.41) is 4.76. The van der Waals surface area contributed by atoms with Crippen molar-refractivity contribution in [2.75, 3.05) is 31.1 Å². The molecule has 0 unspecified atom stereocenters. The average molecular weight is 401 g/mol. The molecule has 0 atom stereocenters. The maximum absolute atomic E-state index is 13.1. The number of hydrogen-bond acceptors (Lipinski definition) is 4. The molecule has 1 amide bonds. The molecule has 0 spiro atoms. The van der Waals surface area contributed by atoms with Crippen molar-refractivity contribution in [2.24, 2.45) is 0 Å². The van der Waals surface area contributed by atoms with Gasteiger partial charge in [-0.1, -0.05) is 36.4 Å². The Bertz CT molecular complexity index is 826. The number of aromatic nitrogens is 1. The number of carbonyl (C=O) groups is 1. The van der Waals surface area contributed by atoms with Crippen LogP contribution in [0.5, 0.6) is 0 Å². The summed E-state index contributed by atoms with van der Waals surface area (Å²) in [6.07, 6.45) is 0.967. The highest BCUT2D eigenvalue weighted by molar-refractivity contribution is 7.14. The summed E-state index contributed by atoms with van der Waals surface area (Å²) in [6, 6.07) is 13.9. The predicted octanol–water partition coefficient (Wildman–Crippen LogP) is 3.83. The summed E-state index contributed by atoms with van der Waals surface area (Å²) in [5.74, 6) is 0.0495. The fourth-order valence-corrected chi connectivity index (χ4v) is 4.57. The molecule has 0 radical (unpaired) electrons.